The van der Waals surface area contributed by atoms with Gasteiger partial charge in [-0.3, -0.25) is 0 Å². The maximum absolute atomic E-state index is 13.1. The minimum Gasteiger partial charge on any atom is -0.489 e. The van der Waals surface area contributed by atoms with Crippen molar-refractivity contribution < 1.29 is 27.5 Å². The Labute approximate surface area is 140 Å². The topological polar surface area (TPSA) is 67.8 Å². The average Bonchev–Trinajstić information content (AvgIpc) is 2.58. The molecule has 0 aromatic heterocycles. The molecule has 0 bridgehead atoms. The van der Waals surface area contributed by atoms with Crippen molar-refractivity contribution in [2.24, 2.45) is 10.9 Å². The minimum absolute atomic E-state index is 0.0796. The van der Waals surface area contributed by atoms with Crippen molar-refractivity contribution in [3.63, 3.8) is 0 Å². The van der Waals surface area contributed by atoms with Crippen LogP contribution in [0.1, 0.15) is 16.7 Å². The van der Waals surface area contributed by atoms with Crippen LogP contribution < -0.4 is 10.5 Å². The highest BCUT2D eigenvalue weighted by molar-refractivity contribution is 5.97. The number of ether oxygens (including phenoxy) is 1. The zero-order valence-electron chi connectivity index (χ0n) is 12.8. The molecule has 132 valence electrons. The first-order chi connectivity index (χ1) is 11.8. The molecular weight excluding hydrogens is 340 g/mol. The molecule has 0 unspecified atom stereocenters. The summed E-state index contributed by atoms with van der Waals surface area (Å²) >= 11 is 0. The number of amidine groups is 1. The Hall–Kier alpha value is -3.03. The Balaban J connectivity index is 2.14. The van der Waals surface area contributed by atoms with Crippen LogP contribution in [0.3, 0.4) is 0 Å². The van der Waals surface area contributed by atoms with Crippen LogP contribution in [0.15, 0.2) is 53.7 Å². The average molecular weight is 354 g/mol. The van der Waals surface area contributed by atoms with Crippen molar-refractivity contribution >= 4 is 11.9 Å². The van der Waals surface area contributed by atoms with E-state index >= 15 is 0 Å². The van der Waals surface area contributed by atoms with Crippen molar-refractivity contribution in [2.75, 3.05) is 6.61 Å². The van der Waals surface area contributed by atoms with Crippen LogP contribution >= 0.6 is 0 Å². The molecule has 0 saturated heterocycles. The molecule has 2 aromatic rings. The van der Waals surface area contributed by atoms with E-state index in [0.717, 1.165) is 12.1 Å². The third-order valence-corrected chi connectivity index (χ3v) is 3.20. The molecule has 0 radical (unpaired) electrons. The summed E-state index contributed by atoms with van der Waals surface area (Å²) in [4.78, 5) is 0. The Morgan fingerprint density at radius 1 is 1.16 bits per heavy atom. The van der Waals surface area contributed by atoms with Gasteiger partial charge < -0.3 is 15.7 Å². The molecule has 8 heteroatoms. The molecule has 4 nitrogen and oxygen atoms in total. The monoisotopic (exact) mass is 354 g/mol. The Bertz CT molecular complexity index is 784. The molecule has 0 aliphatic heterocycles. The van der Waals surface area contributed by atoms with Gasteiger partial charge >= 0.3 is 6.18 Å². The third-order valence-electron chi connectivity index (χ3n) is 3.20. The van der Waals surface area contributed by atoms with Crippen LogP contribution in [0.2, 0.25) is 0 Å². The van der Waals surface area contributed by atoms with Crippen molar-refractivity contribution in [1.29, 1.82) is 0 Å². The summed E-state index contributed by atoms with van der Waals surface area (Å²) in [7, 11) is 0. The number of halogens is 4. The van der Waals surface area contributed by atoms with Gasteiger partial charge in [-0.2, -0.15) is 13.2 Å². The van der Waals surface area contributed by atoms with Crippen LogP contribution in [0, 0.1) is 5.82 Å². The number of rotatable bonds is 5. The first kappa shape index (κ1) is 18.3. The van der Waals surface area contributed by atoms with E-state index in [2.05, 4.69) is 5.16 Å². The van der Waals surface area contributed by atoms with Gasteiger partial charge in [0.15, 0.2) is 5.84 Å². The van der Waals surface area contributed by atoms with Gasteiger partial charge in [-0.25, -0.2) is 4.39 Å². The second kappa shape index (κ2) is 7.69. The van der Waals surface area contributed by atoms with Crippen LogP contribution in [-0.4, -0.2) is 17.6 Å². The van der Waals surface area contributed by atoms with E-state index in [1.165, 1.54) is 36.4 Å². The molecule has 0 aliphatic rings. The normalized spacial score (nSPS) is 12.6. The highest BCUT2D eigenvalue weighted by Crippen LogP contribution is 2.36. The number of nitrogens with two attached hydrogens (primary N) is 1. The van der Waals surface area contributed by atoms with E-state index < -0.39 is 17.6 Å². The molecule has 2 aromatic carbocycles. The summed E-state index contributed by atoms with van der Waals surface area (Å²) in [6.07, 6.45) is -1.57. The predicted octanol–water partition coefficient (Wildman–Crippen LogP) is 4.03. The lowest BCUT2D eigenvalue weighted by Gasteiger charge is -2.14. The molecule has 0 amide bonds. The van der Waals surface area contributed by atoms with Crippen molar-refractivity contribution in [2.45, 2.75) is 6.18 Å². The quantitative estimate of drug-likeness (QED) is 0.280. The molecule has 0 spiro atoms. The molecule has 2 rings (SSSR count). The number of oxime groups is 1. The molecule has 0 aliphatic carbocycles. The standard InChI is InChI=1S/C17H14F4N2O2/c18-13-6-3-11(4-7-13)2-1-9-25-15-8-5-12(16(22)23-24)10-14(15)17(19,20)21/h1-8,10,24H,9H2,(H2,22,23)/b2-1+. The van der Waals surface area contributed by atoms with Crippen molar-refractivity contribution in [3.05, 3.63) is 71.0 Å². The van der Waals surface area contributed by atoms with E-state index in [-0.39, 0.29) is 23.7 Å². The molecule has 0 heterocycles. The van der Waals surface area contributed by atoms with Gasteiger partial charge in [0.1, 0.15) is 18.2 Å². The van der Waals surface area contributed by atoms with E-state index in [1.54, 1.807) is 6.08 Å². The fraction of sp³-hybridized carbons (Fsp3) is 0.118. The molecular formula is C17H14F4N2O2. The van der Waals surface area contributed by atoms with Crippen molar-refractivity contribution in [1.82, 2.24) is 0 Å². The van der Waals surface area contributed by atoms with Crippen LogP contribution in [0.25, 0.3) is 6.08 Å². The van der Waals surface area contributed by atoms with Gasteiger partial charge in [0.25, 0.3) is 0 Å². The maximum atomic E-state index is 13.1. The summed E-state index contributed by atoms with van der Waals surface area (Å²) in [6, 6.07) is 8.69. The summed E-state index contributed by atoms with van der Waals surface area (Å²) < 4.78 is 57.3. The van der Waals surface area contributed by atoms with Crippen LogP contribution in [0.5, 0.6) is 5.75 Å². The molecule has 3 N–H and O–H groups in total. The minimum atomic E-state index is -4.66. The fourth-order valence-electron chi connectivity index (χ4n) is 1.99. The fourth-order valence-corrected chi connectivity index (χ4v) is 1.99. The van der Waals surface area contributed by atoms with E-state index in [1.807, 2.05) is 0 Å². The zero-order chi connectivity index (χ0) is 18.4. The summed E-state index contributed by atoms with van der Waals surface area (Å²) in [6.45, 7) is -0.122. The maximum Gasteiger partial charge on any atom is 0.419 e. The summed E-state index contributed by atoms with van der Waals surface area (Å²) in [5.41, 5.74) is 4.88. The molecule has 0 atom stereocenters. The first-order valence-electron chi connectivity index (χ1n) is 7.05. The zero-order valence-corrected chi connectivity index (χ0v) is 12.8. The van der Waals surface area contributed by atoms with Gasteiger partial charge in [0, 0.05) is 5.56 Å². The first-order valence-corrected chi connectivity index (χ1v) is 7.05. The Morgan fingerprint density at radius 3 is 2.44 bits per heavy atom. The Kier molecular flexibility index (Phi) is 5.63. The Morgan fingerprint density at radius 2 is 1.84 bits per heavy atom. The van der Waals surface area contributed by atoms with Gasteiger partial charge in [0.05, 0.1) is 5.56 Å². The lowest BCUT2D eigenvalue weighted by atomic mass is 10.1. The highest BCUT2D eigenvalue weighted by Gasteiger charge is 2.35. The van der Waals surface area contributed by atoms with E-state index in [4.69, 9.17) is 15.7 Å². The van der Waals surface area contributed by atoms with Crippen LogP contribution in [-0.2, 0) is 6.18 Å². The van der Waals surface area contributed by atoms with E-state index in [0.29, 0.717) is 5.56 Å². The molecule has 0 saturated carbocycles. The summed E-state index contributed by atoms with van der Waals surface area (Å²) in [5.74, 6) is -1.20. The molecule has 25 heavy (non-hydrogen) atoms. The number of hydrogen-bond acceptors (Lipinski definition) is 3. The smallest absolute Gasteiger partial charge is 0.419 e. The molecule has 0 fully saturated rings. The van der Waals surface area contributed by atoms with Gasteiger partial charge in [-0.05, 0) is 42.0 Å². The third kappa shape index (κ3) is 4.97. The van der Waals surface area contributed by atoms with Crippen molar-refractivity contribution in [3.8, 4) is 5.75 Å². The van der Waals surface area contributed by atoms with Gasteiger partial charge in [0.2, 0.25) is 0 Å². The van der Waals surface area contributed by atoms with Gasteiger partial charge in [-0.1, -0.05) is 23.4 Å². The lowest BCUT2D eigenvalue weighted by molar-refractivity contribution is -0.138. The summed E-state index contributed by atoms with van der Waals surface area (Å²) in [5, 5.41) is 11.2. The SMILES string of the molecule is N/C(=N\O)c1ccc(OC/C=C/c2ccc(F)cc2)c(C(F)(F)F)c1. The second-order valence-electron chi connectivity index (χ2n) is 4.96. The lowest BCUT2D eigenvalue weighted by Crippen LogP contribution is -2.16. The highest BCUT2D eigenvalue weighted by atomic mass is 19.4. The van der Waals surface area contributed by atoms with E-state index in [9.17, 15) is 17.6 Å². The van der Waals surface area contributed by atoms with Gasteiger partial charge in [-0.15, -0.1) is 0 Å². The number of nitrogens with zero attached hydrogens (tertiary/aromatic N) is 1. The number of hydrogen-bond donors (Lipinski definition) is 2. The number of benzene rings is 2. The number of alkyl halides is 3. The van der Waals surface area contributed by atoms with Crippen LogP contribution in [0.4, 0.5) is 17.6 Å². The predicted molar refractivity (Wildman–Crippen MR) is 84.9 cm³/mol. The largest absolute Gasteiger partial charge is 0.489 e. The second-order valence-corrected chi connectivity index (χ2v) is 4.96.